The Labute approximate surface area is 118 Å². The van der Waals surface area contributed by atoms with Crippen molar-refractivity contribution < 1.29 is 57.2 Å². The van der Waals surface area contributed by atoms with Crippen molar-refractivity contribution in [3.63, 3.8) is 0 Å². The first kappa shape index (κ1) is 17.5. The Balaban J connectivity index is 0. The molecule has 0 atom stereocenters. The van der Waals surface area contributed by atoms with E-state index >= 15 is 0 Å². The molecule has 0 bridgehead atoms. The standard InChI is InChI=1S/C7H6O2.C3H6O3.Y/c8-7(9)6-4-2-1-3-5-6;1-2-6-3(4)5;/h1-5H,(H,8,9);2H2,1H3,(H,4,5);. The molecule has 16 heavy (non-hydrogen) atoms. The van der Waals surface area contributed by atoms with Crippen molar-refractivity contribution in [3.8, 4) is 0 Å². The predicted molar refractivity (Wildman–Crippen MR) is 53.1 cm³/mol. The maximum absolute atomic E-state index is 10.2. The van der Waals surface area contributed by atoms with Gasteiger partial charge in [0.25, 0.3) is 0 Å². The SMILES string of the molecule is CCOC(=O)O.O=C(O)c1ccccc1.[Y]. The zero-order valence-corrected chi connectivity index (χ0v) is 11.6. The average Bonchev–Trinajstić information content (AvgIpc) is 2.20. The maximum atomic E-state index is 10.2. The number of carboxylic acid groups (broad SMARTS) is 2. The van der Waals surface area contributed by atoms with Crippen LogP contribution in [-0.4, -0.2) is 28.9 Å². The molecule has 0 spiro atoms. The summed E-state index contributed by atoms with van der Waals surface area (Å²) in [7, 11) is 0. The molecule has 0 heterocycles. The minimum atomic E-state index is -1.21. The molecule has 0 fully saturated rings. The van der Waals surface area contributed by atoms with Gasteiger partial charge < -0.3 is 14.9 Å². The second-order valence-electron chi connectivity index (χ2n) is 2.37. The Morgan fingerprint density at radius 1 is 1.19 bits per heavy atom. The van der Waals surface area contributed by atoms with Crippen LogP contribution in [0.2, 0.25) is 0 Å². The smallest absolute Gasteiger partial charge is 0.478 e. The largest absolute Gasteiger partial charge is 0.505 e. The zero-order chi connectivity index (χ0) is 11.7. The van der Waals surface area contributed by atoms with Gasteiger partial charge in [-0.15, -0.1) is 0 Å². The zero-order valence-electron chi connectivity index (χ0n) is 8.79. The van der Waals surface area contributed by atoms with Crippen LogP contribution in [0.15, 0.2) is 30.3 Å². The summed E-state index contributed by atoms with van der Waals surface area (Å²) in [6, 6.07) is 8.30. The van der Waals surface area contributed by atoms with E-state index in [1.807, 2.05) is 0 Å². The molecule has 0 amide bonds. The summed E-state index contributed by atoms with van der Waals surface area (Å²) >= 11 is 0. The minimum absolute atomic E-state index is 0. The van der Waals surface area contributed by atoms with Gasteiger partial charge in [-0.05, 0) is 19.1 Å². The van der Waals surface area contributed by atoms with Crippen molar-refractivity contribution in [1.82, 2.24) is 0 Å². The predicted octanol–water partition coefficient (Wildman–Crippen LogP) is 2.08. The van der Waals surface area contributed by atoms with Crippen LogP contribution in [0.1, 0.15) is 17.3 Å². The summed E-state index contributed by atoms with van der Waals surface area (Å²) in [5.41, 5.74) is 0.331. The number of benzene rings is 1. The van der Waals surface area contributed by atoms with Gasteiger partial charge in [-0.1, -0.05) is 18.2 Å². The van der Waals surface area contributed by atoms with Gasteiger partial charge in [0, 0.05) is 32.7 Å². The van der Waals surface area contributed by atoms with E-state index in [4.69, 9.17) is 10.2 Å². The first-order chi connectivity index (χ1) is 7.07. The van der Waals surface area contributed by atoms with E-state index in [0.29, 0.717) is 5.56 Å². The van der Waals surface area contributed by atoms with Crippen LogP contribution in [0.5, 0.6) is 0 Å². The number of carboxylic acids is 1. The number of hydrogen-bond acceptors (Lipinski definition) is 3. The molecule has 5 nitrogen and oxygen atoms in total. The summed E-state index contributed by atoms with van der Waals surface area (Å²) in [6.45, 7) is 1.85. The van der Waals surface area contributed by atoms with Crippen LogP contribution in [0.3, 0.4) is 0 Å². The van der Waals surface area contributed by atoms with Crippen molar-refractivity contribution in [2.75, 3.05) is 6.61 Å². The molecule has 1 radical (unpaired) electrons. The molecule has 85 valence electrons. The molecular weight excluding hydrogens is 289 g/mol. The van der Waals surface area contributed by atoms with Gasteiger partial charge in [-0.3, -0.25) is 0 Å². The molecular formula is C10H12O5Y. The number of hydrogen-bond donors (Lipinski definition) is 2. The van der Waals surface area contributed by atoms with E-state index in [-0.39, 0.29) is 39.3 Å². The Hall–Kier alpha value is -0.936. The number of aromatic carboxylic acids is 1. The molecule has 0 aromatic heterocycles. The molecule has 6 heteroatoms. The van der Waals surface area contributed by atoms with E-state index in [2.05, 4.69) is 4.74 Å². The summed E-state index contributed by atoms with van der Waals surface area (Å²) in [5, 5.41) is 16.1. The van der Waals surface area contributed by atoms with E-state index in [9.17, 15) is 9.59 Å². The van der Waals surface area contributed by atoms with Crippen molar-refractivity contribution >= 4 is 12.1 Å². The monoisotopic (exact) mass is 301 g/mol. The number of carbonyl (C=O) groups is 2. The molecule has 1 aromatic carbocycles. The van der Waals surface area contributed by atoms with Crippen molar-refractivity contribution in [2.45, 2.75) is 6.92 Å². The van der Waals surface area contributed by atoms with Crippen LogP contribution < -0.4 is 0 Å². The fraction of sp³-hybridized carbons (Fsp3) is 0.200. The third-order valence-electron chi connectivity index (χ3n) is 1.29. The quantitative estimate of drug-likeness (QED) is 0.817. The molecule has 2 N–H and O–H groups in total. The van der Waals surface area contributed by atoms with Crippen molar-refractivity contribution in [2.24, 2.45) is 0 Å². The molecule has 0 saturated heterocycles. The molecule has 0 aliphatic rings. The van der Waals surface area contributed by atoms with Crippen LogP contribution in [-0.2, 0) is 37.4 Å². The fourth-order valence-corrected chi connectivity index (χ4v) is 0.704. The van der Waals surface area contributed by atoms with Gasteiger partial charge in [0.15, 0.2) is 0 Å². The van der Waals surface area contributed by atoms with E-state index < -0.39 is 12.1 Å². The third-order valence-corrected chi connectivity index (χ3v) is 1.29. The number of rotatable bonds is 2. The molecule has 0 aliphatic carbocycles. The molecule has 1 rings (SSSR count). The second kappa shape index (κ2) is 10.6. The number of ether oxygens (including phenoxy) is 1. The molecule has 1 aromatic rings. The second-order valence-corrected chi connectivity index (χ2v) is 2.37. The molecule has 0 unspecified atom stereocenters. The van der Waals surface area contributed by atoms with Gasteiger partial charge >= 0.3 is 12.1 Å². The molecule has 0 saturated carbocycles. The summed E-state index contributed by atoms with van der Waals surface area (Å²) in [4.78, 5) is 19.6. The summed E-state index contributed by atoms with van der Waals surface area (Å²) < 4.78 is 3.96. The maximum Gasteiger partial charge on any atom is 0.505 e. The van der Waals surface area contributed by atoms with Crippen molar-refractivity contribution in [3.05, 3.63) is 35.9 Å². The Bertz CT molecular complexity index is 312. The third kappa shape index (κ3) is 9.61. The van der Waals surface area contributed by atoms with Crippen LogP contribution in [0.4, 0.5) is 4.79 Å². The average molecular weight is 301 g/mol. The van der Waals surface area contributed by atoms with Crippen LogP contribution in [0, 0.1) is 0 Å². The topological polar surface area (TPSA) is 83.8 Å². The first-order valence-electron chi connectivity index (χ1n) is 4.22. The fourth-order valence-electron chi connectivity index (χ4n) is 0.704. The Morgan fingerprint density at radius 2 is 1.69 bits per heavy atom. The van der Waals surface area contributed by atoms with Gasteiger partial charge in [0.2, 0.25) is 0 Å². The minimum Gasteiger partial charge on any atom is -0.478 e. The molecule has 0 aliphatic heterocycles. The summed E-state index contributed by atoms with van der Waals surface area (Å²) in [6.07, 6.45) is -1.21. The van der Waals surface area contributed by atoms with E-state index in [1.165, 1.54) is 0 Å². The normalized spacial score (nSPS) is 7.81. The summed E-state index contributed by atoms with van der Waals surface area (Å²) in [5.74, 6) is -0.879. The van der Waals surface area contributed by atoms with E-state index in [1.54, 1.807) is 37.3 Å². The van der Waals surface area contributed by atoms with Crippen LogP contribution in [0.25, 0.3) is 0 Å². The Morgan fingerprint density at radius 3 is 1.88 bits per heavy atom. The van der Waals surface area contributed by atoms with Crippen molar-refractivity contribution in [1.29, 1.82) is 0 Å². The van der Waals surface area contributed by atoms with Gasteiger partial charge in [-0.25, -0.2) is 9.59 Å². The first-order valence-corrected chi connectivity index (χ1v) is 4.22. The van der Waals surface area contributed by atoms with E-state index in [0.717, 1.165) is 0 Å². The van der Waals surface area contributed by atoms with Gasteiger partial charge in [-0.2, -0.15) is 0 Å². The van der Waals surface area contributed by atoms with Crippen LogP contribution >= 0.6 is 0 Å². The Kier molecular flexibility index (Phi) is 11.5. The van der Waals surface area contributed by atoms with Gasteiger partial charge in [0.1, 0.15) is 0 Å². The van der Waals surface area contributed by atoms with Gasteiger partial charge in [0.05, 0.1) is 12.2 Å².